The lowest BCUT2D eigenvalue weighted by Crippen LogP contribution is -2.63. The highest BCUT2D eigenvalue weighted by Gasteiger charge is 2.49. The van der Waals surface area contributed by atoms with Gasteiger partial charge in [-0.25, -0.2) is 18.1 Å². The summed E-state index contributed by atoms with van der Waals surface area (Å²) in [7, 11) is -4.75. The normalized spacial score (nSPS) is 24.6. The van der Waals surface area contributed by atoms with E-state index in [1.54, 1.807) is 37.4 Å². The van der Waals surface area contributed by atoms with Crippen LogP contribution in [0.3, 0.4) is 0 Å². The highest BCUT2D eigenvalue weighted by molar-refractivity contribution is 7.90. The average Bonchev–Trinajstić information content (AvgIpc) is 4.00. The number of rotatable bonds is 12. The maximum Gasteiger partial charge on any atom is 0.297 e. The van der Waals surface area contributed by atoms with Crippen LogP contribution in [0.1, 0.15) is 122 Å². The molecule has 3 aromatic carbocycles. The zero-order valence-corrected chi connectivity index (χ0v) is 40.0. The number of nitro groups is 1. The number of piperidine rings is 1. The van der Waals surface area contributed by atoms with Gasteiger partial charge in [0.2, 0.25) is 0 Å². The number of hydrogen-bond donors (Lipinski definition) is 5. The summed E-state index contributed by atoms with van der Waals surface area (Å²) >= 11 is 0. The Bertz CT molecular complexity index is 2930. The van der Waals surface area contributed by atoms with E-state index in [2.05, 4.69) is 67.9 Å². The molecule has 3 atom stereocenters. The van der Waals surface area contributed by atoms with Gasteiger partial charge < -0.3 is 35.5 Å². The first-order chi connectivity index (χ1) is 33.0. The van der Waals surface area contributed by atoms with Crippen molar-refractivity contribution in [2.45, 2.75) is 113 Å². The van der Waals surface area contributed by atoms with Crippen LogP contribution < -0.4 is 30.1 Å². The number of benzene rings is 3. The number of fused-ring (bicyclic) bond motifs is 2. The summed E-state index contributed by atoms with van der Waals surface area (Å²) in [5, 5.41) is 26.7. The molecule has 0 radical (unpaired) electrons. The van der Waals surface area contributed by atoms with Gasteiger partial charge in [-0.05, 0) is 117 Å². The van der Waals surface area contributed by atoms with E-state index >= 15 is 0 Å². The molecule has 0 unspecified atom stereocenters. The molecule has 2 saturated carbocycles. The second-order valence-corrected chi connectivity index (χ2v) is 22.3. The Morgan fingerprint density at radius 3 is 2.48 bits per heavy atom. The third-order valence-electron chi connectivity index (χ3n) is 15.6. The number of aromatic amines is 1. The number of amides is 2. The van der Waals surface area contributed by atoms with Gasteiger partial charge in [0, 0.05) is 67.7 Å². The van der Waals surface area contributed by atoms with Crippen molar-refractivity contribution in [1.82, 2.24) is 19.6 Å². The second-order valence-electron chi connectivity index (χ2n) is 20.6. The zero-order valence-electron chi connectivity index (χ0n) is 39.2. The van der Waals surface area contributed by atoms with E-state index in [0.29, 0.717) is 54.6 Å². The van der Waals surface area contributed by atoms with E-state index in [1.165, 1.54) is 36.5 Å². The summed E-state index contributed by atoms with van der Waals surface area (Å²) in [4.78, 5) is 50.4. The summed E-state index contributed by atoms with van der Waals surface area (Å²) < 4.78 is 42.5. The molecule has 2 aromatic heterocycles. The van der Waals surface area contributed by atoms with Crippen LogP contribution in [0.4, 0.5) is 17.1 Å². The van der Waals surface area contributed by atoms with Crippen molar-refractivity contribution in [3.8, 4) is 17.2 Å². The maximum absolute atomic E-state index is 14.2. The summed E-state index contributed by atoms with van der Waals surface area (Å²) in [6.07, 6.45) is 9.78. The van der Waals surface area contributed by atoms with Gasteiger partial charge in [-0.1, -0.05) is 44.5 Å². The van der Waals surface area contributed by atoms with Gasteiger partial charge in [-0.15, -0.1) is 0 Å². The fourth-order valence-corrected chi connectivity index (χ4v) is 12.7. The molecule has 6 N–H and O–H groups in total. The van der Waals surface area contributed by atoms with Gasteiger partial charge in [0.25, 0.3) is 27.5 Å². The van der Waals surface area contributed by atoms with E-state index in [-0.39, 0.29) is 58.2 Å². The van der Waals surface area contributed by atoms with E-state index in [9.17, 15) is 33.2 Å². The molecule has 2 saturated heterocycles. The third-order valence-corrected chi connectivity index (χ3v) is 16.9. The molecular weight excluding hydrogens is 901 g/mol. The monoisotopic (exact) mass is 960 g/mol. The van der Waals surface area contributed by atoms with Crippen LogP contribution in [-0.2, 0) is 10.0 Å². The lowest BCUT2D eigenvalue weighted by Gasteiger charge is -2.57. The molecule has 18 heteroatoms. The standard InChI is InChI=1S/C51H60N8O9S/c1-30(2)35-7-4-5-8-36(35)37-9-6-10-40(37)58-28-51(29-58)18-21-57(22-19-51)33-11-12-38(42(24-33)68-44-23-32-15-20-53-48(32)55-46(44)47(52)60)49(61)56-69(65,66)34-25-41(59(63)64)45-43(26-34)67-27-39(54-45)31-13-16-50(3,62)17-14-31/h4-5,7-8,11-12,15,20,23-26,30-31,37,39-40,54,62H,6,9-10,13-14,16-19,21-22,27-29H2,1-3H3,(H2,52,60)(H,53,55)(H,56,61)/t31-,37-,39-,40-,50-/m1/s1. The molecule has 10 rings (SSSR count). The molecule has 0 bridgehead atoms. The first-order valence-electron chi connectivity index (χ1n) is 24.2. The van der Waals surface area contributed by atoms with Crippen molar-refractivity contribution in [3.63, 3.8) is 0 Å². The van der Waals surface area contributed by atoms with Crippen LogP contribution in [0, 0.1) is 21.4 Å². The number of likely N-dealkylation sites (tertiary alicyclic amines) is 1. The number of carbonyl (C=O) groups excluding carboxylic acids is 2. The Morgan fingerprint density at radius 1 is 1.00 bits per heavy atom. The molecule has 5 heterocycles. The molecule has 1 spiro atoms. The van der Waals surface area contributed by atoms with Crippen molar-refractivity contribution >= 4 is 49.9 Å². The smallest absolute Gasteiger partial charge is 0.297 e. The number of aliphatic hydroxyl groups is 1. The number of sulfonamides is 1. The van der Waals surface area contributed by atoms with Crippen LogP contribution in [0.2, 0.25) is 0 Å². The van der Waals surface area contributed by atoms with Crippen LogP contribution >= 0.6 is 0 Å². The van der Waals surface area contributed by atoms with Gasteiger partial charge in [-0.3, -0.25) is 24.6 Å². The summed E-state index contributed by atoms with van der Waals surface area (Å²) in [6.45, 7) is 10.1. The Balaban J connectivity index is 0.885. The van der Waals surface area contributed by atoms with Crippen molar-refractivity contribution in [2.75, 3.05) is 43.0 Å². The molecule has 17 nitrogen and oxygen atoms in total. The molecule has 364 valence electrons. The van der Waals surface area contributed by atoms with Crippen LogP contribution in [-0.4, -0.2) is 95.6 Å². The third kappa shape index (κ3) is 9.09. The number of hydrogen-bond acceptors (Lipinski definition) is 13. The van der Waals surface area contributed by atoms with Gasteiger partial charge >= 0.3 is 0 Å². The van der Waals surface area contributed by atoms with Gasteiger partial charge in [0.15, 0.2) is 22.9 Å². The van der Waals surface area contributed by atoms with Gasteiger partial charge in [0.1, 0.15) is 18.0 Å². The molecule has 2 aliphatic carbocycles. The van der Waals surface area contributed by atoms with E-state index < -0.39 is 42.9 Å². The van der Waals surface area contributed by atoms with Crippen molar-refractivity contribution in [3.05, 3.63) is 105 Å². The van der Waals surface area contributed by atoms with Crippen LogP contribution in [0.5, 0.6) is 17.2 Å². The summed E-state index contributed by atoms with van der Waals surface area (Å²) in [5.41, 5.74) is 8.43. The first-order valence-corrected chi connectivity index (χ1v) is 25.6. The number of nitrogens with zero attached hydrogens (tertiary/aromatic N) is 4. The number of ether oxygens (including phenoxy) is 2. The second kappa shape index (κ2) is 17.9. The topological polar surface area (TPSA) is 235 Å². The number of H-pyrrole nitrogens is 1. The number of nitrogens with one attached hydrogen (secondary N) is 3. The molecule has 2 amide bonds. The number of primary amides is 1. The highest BCUT2D eigenvalue weighted by Crippen LogP contribution is 2.49. The number of pyridine rings is 1. The molecule has 5 aromatic rings. The first kappa shape index (κ1) is 46.5. The predicted octanol–water partition coefficient (Wildman–Crippen LogP) is 7.96. The SMILES string of the molecule is CC(C)c1ccccc1[C@H]1CCC[C@H]1N1CC2(CCN(c3ccc(C(=O)NS(=O)(=O)c4cc5c(c([N+](=O)[O-])c4)N[C@@H]([C@H]4CC[C@](C)(O)CC4)CO5)c(Oc4cc5cc[nH]c5nc4C(N)=O)c3)CC2)C1. The number of nitrogens with two attached hydrogens (primary N) is 1. The van der Waals surface area contributed by atoms with Crippen LogP contribution in [0.15, 0.2) is 77.8 Å². The van der Waals surface area contributed by atoms with Gasteiger partial charge in [0.05, 0.1) is 27.0 Å². The molecule has 69 heavy (non-hydrogen) atoms. The fraction of sp³-hybridized carbons (Fsp3) is 0.471. The maximum atomic E-state index is 14.2. The lowest BCUT2D eigenvalue weighted by molar-refractivity contribution is -0.384. The predicted molar refractivity (Wildman–Crippen MR) is 261 cm³/mol. The van der Waals surface area contributed by atoms with E-state index in [1.807, 2.05) is 0 Å². The van der Waals surface area contributed by atoms with E-state index in [4.69, 9.17) is 15.2 Å². The van der Waals surface area contributed by atoms with E-state index in [0.717, 1.165) is 56.8 Å². The largest absolute Gasteiger partial charge is 0.489 e. The van der Waals surface area contributed by atoms with Crippen molar-refractivity contribution < 1.29 is 37.5 Å². The quantitative estimate of drug-likeness (QED) is 0.0590. The number of nitro benzene ring substituents is 1. The Morgan fingerprint density at radius 2 is 1.75 bits per heavy atom. The Hall–Kier alpha value is -6.24. The Kier molecular flexibility index (Phi) is 12.1. The Labute approximate surface area is 401 Å². The number of anilines is 2. The average molecular weight is 961 g/mol. The number of aromatic nitrogens is 2. The number of carbonyl (C=O) groups is 2. The minimum absolute atomic E-state index is 0.0378. The zero-order chi connectivity index (χ0) is 48.4. The summed E-state index contributed by atoms with van der Waals surface area (Å²) in [6, 6.07) is 19.4. The molecule has 4 fully saturated rings. The van der Waals surface area contributed by atoms with Gasteiger partial charge in [-0.2, -0.15) is 0 Å². The van der Waals surface area contributed by atoms with Crippen molar-refractivity contribution in [2.24, 2.45) is 17.1 Å². The fourth-order valence-electron chi connectivity index (χ4n) is 11.7. The van der Waals surface area contributed by atoms with Crippen molar-refractivity contribution in [1.29, 1.82) is 0 Å². The summed E-state index contributed by atoms with van der Waals surface area (Å²) in [5.74, 6) is -0.985. The minimum Gasteiger partial charge on any atom is -0.489 e. The lowest BCUT2D eigenvalue weighted by atomic mass is 9.70. The molecule has 5 aliphatic rings. The molecule has 3 aliphatic heterocycles. The van der Waals surface area contributed by atoms with Crippen LogP contribution in [0.25, 0.3) is 11.0 Å². The highest BCUT2D eigenvalue weighted by atomic mass is 32.2. The minimum atomic E-state index is -4.75. The molecular formula is C51H60N8O9S.